The van der Waals surface area contributed by atoms with Crippen molar-refractivity contribution in [1.82, 2.24) is 9.80 Å². The van der Waals surface area contributed by atoms with Gasteiger partial charge in [0.1, 0.15) is 0 Å². The maximum absolute atomic E-state index is 13.4. The third-order valence-corrected chi connectivity index (χ3v) is 7.21. The summed E-state index contributed by atoms with van der Waals surface area (Å²) in [7, 11) is 3.23. The average Bonchev–Trinajstić information content (AvgIpc) is 3.55. The van der Waals surface area contributed by atoms with Crippen LogP contribution >= 0.6 is 22.7 Å². The van der Waals surface area contributed by atoms with Gasteiger partial charge in [-0.2, -0.15) is 0 Å². The van der Waals surface area contributed by atoms with E-state index in [0.717, 1.165) is 21.7 Å². The molecular formula is C26H32N2O4S2. The Balaban J connectivity index is 1.70. The van der Waals surface area contributed by atoms with Gasteiger partial charge in [0.2, 0.25) is 11.8 Å². The molecule has 0 N–H and O–H groups in total. The monoisotopic (exact) mass is 500 g/mol. The summed E-state index contributed by atoms with van der Waals surface area (Å²) >= 11 is 3.20. The van der Waals surface area contributed by atoms with Gasteiger partial charge in [-0.25, -0.2) is 0 Å². The lowest BCUT2D eigenvalue weighted by Gasteiger charge is -2.27. The summed E-state index contributed by atoms with van der Waals surface area (Å²) in [5, 5.41) is 3.98. The molecule has 2 aromatic heterocycles. The summed E-state index contributed by atoms with van der Waals surface area (Å²) in [4.78, 5) is 32.0. The molecule has 0 saturated carbocycles. The maximum atomic E-state index is 13.4. The van der Waals surface area contributed by atoms with Gasteiger partial charge < -0.3 is 19.3 Å². The van der Waals surface area contributed by atoms with E-state index >= 15 is 0 Å². The van der Waals surface area contributed by atoms with Crippen LogP contribution in [0, 0.1) is 0 Å². The second kappa shape index (κ2) is 13.2. The number of hydrogen-bond acceptors (Lipinski definition) is 6. The lowest BCUT2D eigenvalue weighted by molar-refractivity contribution is -0.140. The van der Waals surface area contributed by atoms with Crippen LogP contribution in [0.1, 0.15) is 28.7 Å². The number of ether oxygens (including phenoxy) is 2. The van der Waals surface area contributed by atoms with E-state index in [9.17, 15) is 9.59 Å². The molecule has 8 heteroatoms. The standard InChI is InChI=1S/C26H32N2O4S2/c1-4-12-27(25(29)17-21-7-5-14-33-21)19-26(30)28(18-22-8-6-15-34-22)13-11-20-9-10-23(31-2)24(16-20)32-3/h5-10,14-16H,4,11-13,17-19H2,1-3H3. The van der Waals surface area contributed by atoms with Crippen molar-refractivity contribution >= 4 is 34.5 Å². The second-order valence-electron chi connectivity index (χ2n) is 7.91. The van der Waals surface area contributed by atoms with Gasteiger partial charge in [0.25, 0.3) is 0 Å². The minimum Gasteiger partial charge on any atom is -0.493 e. The van der Waals surface area contributed by atoms with E-state index in [1.165, 1.54) is 0 Å². The number of carbonyl (C=O) groups is 2. The lowest BCUT2D eigenvalue weighted by Crippen LogP contribution is -2.44. The van der Waals surface area contributed by atoms with Crippen molar-refractivity contribution in [3.05, 3.63) is 68.5 Å². The highest BCUT2D eigenvalue weighted by molar-refractivity contribution is 7.10. The minimum absolute atomic E-state index is 0.00591. The zero-order valence-electron chi connectivity index (χ0n) is 20.0. The first-order valence-corrected chi connectivity index (χ1v) is 13.1. The molecule has 0 atom stereocenters. The summed E-state index contributed by atoms with van der Waals surface area (Å²) in [5.41, 5.74) is 1.06. The predicted molar refractivity (Wildman–Crippen MR) is 138 cm³/mol. The Hall–Kier alpha value is -2.84. The molecule has 1 aromatic carbocycles. The molecule has 2 amide bonds. The van der Waals surface area contributed by atoms with Crippen LogP contribution < -0.4 is 9.47 Å². The molecule has 0 aliphatic carbocycles. The molecule has 0 saturated heterocycles. The number of amides is 2. The molecule has 3 rings (SSSR count). The number of methoxy groups -OCH3 is 2. The zero-order chi connectivity index (χ0) is 24.3. The van der Waals surface area contributed by atoms with Gasteiger partial charge in [-0.3, -0.25) is 9.59 Å². The van der Waals surface area contributed by atoms with E-state index in [1.54, 1.807) is 41.8 Å². The molecule has 0 bridgehead atoms. The minimum atomic E-state index is -0.0399. The summed E-state index contributed by atoms with van der Waals surface area (Å²) in [6.07, 6.45) is 1.82. The Bertz CT molecular complexity index is 1040. The zero-order valence-corrected chi connectivity index (χ0v) is 21.6. The molecule has 0 fully saturated rings. The third-order valence-electron chi connectivity index (χ3n) is 5.48. The highest BCUT2D eigenvalue weighted by atomic mass is 32.1. The van der Waals surface area contributed by atoms with Crippen molar-refractivity contribution in [3.8, 4) is 11.5 Å². The quantitative estimate of drug-likeness (QED) is 0.336. The Morgan fingerprint density at radius 3 is 2.18 bits per heavy atom. The van der Waals surface area contributed by atoms with Gasteiger partial charge >= 0.3 is 0 Å². The number of nitrogens with zero attached hydrogens (tertiary/aromatic N) is 2. The average molecular weight is 501 g/mol. The highest BCUT2D eigenvalue weighted by Crippen LogP contribution is 2.28. The van der Waals surface area contributed by atoms with Gasteiger partial charge in [0, 0.05) is 22.8 Å². The largest absolute Gasteiger partial charge is 0.493 e. The van der Waals surface area contributed by atoms with Crippen LogP contribution in [0.5, 0.6) is 11.5 Å². The fourth-order valence-corrected chi connectivity index (χ4v) is 5.10. The molecule has 0 aliphatic heterocycles. The third kappa shape index (κ3) is 7.33. The summed E-state index contributed by atoms with van der Waals surface area (Å²) in [5.74, 6) is 1.30. The smallest absolute Gasteiger partial charge is 0.242 e. The molecule has 2 heterocycles. The summed E-state index contributed by atoms with van der Waals surface area (Å²) in [6.45, 7) is 3.76. The van der Waals surface area contributed by atoms with Crippen molar-refractivity contribution < 1.29 is 19.1 Å². The summed E-state index contributed by atoms with van der Waals surface area (Å²) in [6, 6.07) is 13.7. The number of hydrogen-bond donors (Lipinski definition) is 0. The van der Waals surface area contributed by atoms with Crippen molar-refractivity contribution in [1.29, 1.82) is 0 Å². The first kappa shape index (κ1) is 25.8. The fourth-order valence-electron chi connectivity index (χ4n) is 3.68. The van der Waals surface area contributed by atoms with E-state index < -0.39 is 0 Å². The topological polar surface area (TPSA) is 59.1 Å². The van der Waals surface area contributed by atoms with E-state index in [0.29, 0.717) is 44.0 Å². The van der Waals surface area contributed by atoms with Crippen molar-refractivity contribution in [2.75, 3.05) is 33.9 Å². The van der Waals surface area contributed by atoms with Crippen LogP contribution in [0.2, 0.25) is 0 Å². The van der Waals surface area contributed by atoms with Gasteiger partial charge in [0.15, 0.2) is 11.5 Å². The Morgan fingerprint density at radius 1 is 0.853 bits per heavy atom. The van der Waals surface area contributed by atoms with Crippen molar-refractivity contribution in [2.24, 2.45) is 0 Å². The van der Waals surface area contributed by atoms with Crippen molar-refractivity contribution in [2.45, 2.75) is 32.7 Å². The van der Waals surface area contributed by atoms with Crippen LogP contribution in [0.15, 0.2) is 53.2 Å². The number of thiophene rings is 2. The number of benzene rings is 1. The molecule has 0 spiro atoms. The molecular weight excluding hydrogens is 468 g/mol. The van der Waals surface area contributed by atoms with Gasteiger partial charge in [-0.15, -0.1) is 22.7 Å². The van der Waals surface area contributed by atoms with E-state index in [-0.39, 0.29) is 18.4 Å². The summed E-state index contributed by atoms with van der Waals surface area (Å²) < 4.78 is 10.7. The maximum Gasteiger partial charge on any atom is 0.242 e. The molecule has 182 valence electrons. The van der Waals surface area contributed by atoms with Gasteiger partial charge in [-0.05, 0) is 53.4 Å². The second-order valence-corrected chi connectivity index (χ2v) is 9.97. The number of rotatable bonds is 13. The van der Waals surface area contributed by atoms with Crippen LogP contribution in [-0.4, -0.2) is 55.5 Å². The SMILES string of the molecule is CCCN(CC(=O)N(CCc1ccc(OC)c(OC)c1)Cc1cccs1)C(=O)Cc1cccs1. The Kier molecular flexibility index (Phi) is 9.97. The lowest BCUT2D eigenvalue weighted by atomic mass is 10.1. The Morgan fingerprint density at radius 2 is 1.56 bits per heavy atom. The molecule has 0 aliphatic rings. The molecule has 34 heavy (non-hydrogen) atoms. The number of carbonyl (C=O) groups excluding carboxylic acids is 2. The van der Waals surface area contributed by atoms with Crippen LogP contribution in [0.25, 0.3) is 0 Å². The van der Waals surface area contributed by atoms with Gasteiger partial charge in [0.05, 0.1) is 33.7 Å². The normalized spacial score (nSPS) is 10.7. The van der Waals surface area contributed by atoms with E-state index in [2.05, 4.69) is 0 Å². The van der Waals surface area contributed by atoms with Gasteiger partial charge in [-0.1, -0.05) is 25.1 Å². The molecule has 0 radical (unpaired) electrons. The fraction of sp³-hybridized carbons (Fsp3) is 0.385. The van der Waals surface area contributed by atoms with Crippen molar-refractivity contribution in [3.63, 3.8) is 0 Å². The molecule has 6 nitrogen and oxygen atoms in total. The molecule has 0 unspecified atom stereocenters. The first-order valence-electron chi connectivity index (χ1n) is 11.3. The van der Waals surface area contributed by atoms with E-state index in [4.69, 9.17) is 9.47 Å². The van der Waals surface area contributed by atoms with E-state index in [1.807, 2.05) is 65.0 Å². The van der Waals surface area contributed by atoms with Crippen LogP contribution in [0.4, 0.5) is 0 Å². The highest BCUT2D eigenvalue weighted by Gasteiger charge is 2.22. The Labute approximate surface area is 209 Å². The molecule has 3 aromatic rings. The first-order chi connectivity index (χ1) is 16.5. The predicted octanol–water partition coefficient (Wildman–Crippen LogP) is 4.88. The van der Waals surface area contributed by atoms with Crippen LogP contribution in [0.3, 0.4) is 0 Å². The van der Waals surface area contributed by atoms with Crippen LogP contribution in [-0.2, 0) is 29.0 Å².